The summed E-state index contributed by atoms with van der Waals surface area (Å²) in [4.78, 5) is 50.7. The molecule has 2 atom stereocenters. The standard InChI is InChI=1S/C32H38N4O5/c1-2-3-16-27(21-35(24-37)41-23-26-14-8-5-9-15-26)32(39)36-20-11-17-28(36)31(38)34-30-29(18-10-19-33-30)40-22-25-12-6-4-7-13-25/h4-10,12-15,18-19,24,27-28H,2-3,11,16-17,20-23H2,1H3,(H,33,34,38)/t27-,28+/m1/s1. The van der Waals surface area contributed by atoms with Crippen molar-refractivity contribution in [2.75, 3.05) is 18.4 Å². The number of anilines is 1. The maximum Gasteiger partial charge on any atom is 0.248 e. The summed E-state index contributed by atoms with van der Waals surface area (Å²) < 4.78 is 5.94. The van der Waals surface area contributed by atoms with Crippen LogP contribution in [0, 0.1) is 5.92 Å². The molecule has 3 amide bonds. The number of hydrogen-bond donors (Lipinski definition) is 1. The van der Waals surface area contributed by atoms with E-state index in [1.165, 1.54) is 5.06 Å². The van der Waals surface area contributed by atoms with E-state index in [9.17, 15) is 14.4 Å². The highest BCUT2D eigenvalue weighted by molar-refractivity contribution is 5.98. The fraction of sp³-hybridized carbons (Fsp3) is 0.375. The average molecular weight is 559 g/mol. The number of hydrogen-bond acceptors (Lipinski definition) is 6. The quantitative estimate of drug-likeness (QED) is 0.208. The van der Waals surface area contributed by atoms with Crippen molar-refractivity contribution in [3.05, 3.63) is 90.1 Å². The number of amides is 3. The Bertz CT molecular complexity index is 1260. The second kappa shape index (κ2) is 15.5. The molecule has 0 radical (unpaired) electrons. The number of nitrogens with one attached hydrogen (secondary N) is 1. The minimum atomic E-state index is -0.634. The summed E-state index contributed by atoms with van der Waals surface area (Å²) >= 11 is 0. The summed E-state index contributed by atoms with van der Waals surface area (Å²) in [6.07, 6.45) is 5.79. The molecule has 0 spiro atoms. The van der Waals surface area contributed by atoms with E-state index in [-0.39, 0.29) is 25.0 Å². The van der Waals surface area contributed by atoms with E-state index in [0.29, 0.717) is 50.4 Å². The first-order valence-corrected chi connectivity index (χ1v) is 14.2. The second-order valence-electron chi connectivity index (χ2n) is 10.1. The molecule has 216 valence electrons. The van der Waals surface area contributed by atoms with Crippen LogP contribution in [-0.4, -0.2) is 52.3 Å². The Kier molecular flexibility index (Phi) is 11.3. The first-order valence-electron chi connectivity index (χ1n) is 14.2. The van der Waals surface area contributed by atoms with Gasteiger partial charge in [-0.2, -0.15) is 0 Å². The van der Waals surface area contributed by atoms with Gasteiger partial charge in [-0.25, -0.2) is 10.0 Å². The lowest BCUT2D eigenvalue weighted by atomic mass is 9.99. The lowest BCUT2D eigenvalue weighted by molar-refractivity contribution is -0.183. The number of ether oxygens (including phenoxy) is 1. The highest BCUT2D eigenvalue weighted by Crippen LogP contribution is 2.27. The van der Waals surface area contributed by atoms with Crippen LogP contribution in [0.2, 0.25) is 0 Å². The minimum absolute atomic E-state index is 0.123. The Hall–Kier alpha value is -4.24. The van der Waals surface area contributed by atoms with E-state index in [2.05, 4.69) is 17.2 Å². The molecule has 4 rings (SSSR count). The Morgan fingerprint density at radius 2 is 1.76 bits per heavy atom. The molecule has 2 heterocycles. The number of aromatic nitrogens is 1. The van der Waals surface area contributed by atoms with Crippen LogP contribution in [0.5, 0.6) is 5.75 Å². The summed E-state index contributed by atoms with van der Waals surface area (Å²) in [6.45, 7) is 3.22. The summed E-state index contributed by atoms with van der Waals surface area (Å²) in [6, 6.07) is 22.2. The van der Waals surface area contributed by atoms with E-state index in [4.69, 9.17) is 9.57 Å². The topological polar surface area (TPSA) is 101 Å². The molecule has 0 unspecified atom stereocenters. The lowest BCUT2D eigenvalue weighted by Crippen LogP contribution is -2.47. The van der Waals surface area contributed by atoms with Gasteiger partial charge in [0, 0.05) is 12.7 Å². The van der Waals surface area contributed by atoms with Crippen LogP contribution in [0.4, 0.5) is 5.82 Å². The predicted octanol–water partition coefficient (Wildman–Crippen LogP) is 4.99. The average Bonchev–Trinajstić information content (AvgIpc) is 3.51. The number of nitrogens with zero attached hydrogens (tertiary/aromatic N) is 3. The largest absolute Gasteiger partial charge is 0.485 e. The normalized spacial score (nSPS) is 15.2. The smallest absolute Gasteiger partial charge is 0.248 e. The van der Waals surface area contributed by atoms with E-state index < -0.39 is 12.0 Å². The molecule has 0 aliphatic carbocycles. The van der Waals surface area contributed by atoms with Gasteiger partial charge in [0.05, 0.1) is 12.5 Å². The molecular formula is C32H38N4O5. The SMILES string of the molecule is CCCC[C@H](CN(C=O)OCc1ccccc1)C(=O)N1CCC[C@H]1C(=O)Nc1ncccc1OCc1ccccc1. The zero-order valence-electron chi connectivity index (χ0n) is 23.5. The van der Waals surface area contributed by atoms with Gasteiger partial charge < -0.3 is 15.0 Å². The number of unbranched alkanes of at least 4 members (excludes halogenated alkanes) is 1. The molecule has 0 bridgehead atoms. The van der Waals surface area contributed by atoms with Crippen LogP contribution in [0.3, 0.4) is 0 Å². The molecule has 1 aliphatic heterocycles. The summed E-state index contributed by atoms with van der Waals surface area (Å²) in [5, 5.41) is 4.08. The number of pyridine rings is 1. The van der Waals surface area contributed by atoms with Crippen LogP contribution in [0.15, 0.2) is 79.0 Å². The van der Waals surface area contributed by atoms with Gasteiger partial charge in [-0.15, -0.1) is 0 Å². The Balaban J connectivity index is 1.40. The summed E-state index contributed by atoms with van der Waals surface area (Å²) in [7, 11) is 0. The number of benzene rings is 2. The van der Waals surface area contributed by atoms with Crippen LogP contribution in [0.1, 0.15) is 50.2 Å². The maximum atomic E-state index is 13.8. The fourth-order valence-corrected chi connectivity index (χ4v) is 4.89. The van der Waals surface area contributed by atoms with Crippen molar-refractivity contribution in [2.45, 2.75) is 58.3 Å². The first kappa shape index (κ1) is 29.7. The first-order chi connectivity index (χ1) is 20.1. The van der Waals surface area contributed by atoms with Gasteiger partial charge in [-0.1, -0.05) is 80.4 Å². The molecule has 1 aromatic heterocycles. The van der Waals surface area contributed by atoms with E-state index >= 15 is 0 Å². The number of likely N-dealkylation sites (tertiary alicyclic amines) is 1. The fourth-order valence-electron chi connectivity index (χ4n) is 4.89. The van der Waals surface area contributed by atoms with Crippen molar-refractivity contribution < 1.29 is 24.0 Å². The van der Waals surface area contributed by atoms with Crippen molar-refractivity contribution >= 4 is 24.0 Å². The monoisotopic (exact) mass is 558 g/mol. The van der Waals surface area contributed by atoms with Crippen molar-refractivity contribution in [1.82, 2.24) is 14.9 Å². The molecule has 41 heavy (non-hydrogen) atoms. The number of carbonyl (C=O) groups is 3. The molecule has 1 fully saturated rings. The van der Waals surface area contributed by atoms with Crippen molar-refractivity contribution in [2.24, 2.45) is 5.92 Å². The lowest BCUT2D eigenvalue weighted by Gasteiger charge is -2.30. The maximum absolute atomic E-state index is 13.8. The van der Waals surface area contributed by atoms with Crippen molar-refractivity contribution in [3.8, 4) is 5.75 Å². The molecule has 1 aliphatic rings. The molecular weight excluding hydrogens is 520 g/mol. The van der Waals surface area contributed by atoms with E-state index in [1.54, 1.807) is 23.2 Å². The molecule has 9 heteroatoms. The van der Waals surface area contributed by atoms with Gasteiger partial charge >= 0.3 is 0 Å². The second-order valence-corrected chi connectivity index (χ2v) is 10.1. The zero-order valence-corrected chi connectivity index (χ0v) is 23.5. The van der Waals surface area contributed by atoms with Crippen LogP contribution in [0.25, 0.3) is 0 Å². The van der Waals surface area contributed by atoms with Gasteiger partial charge in [-0.05, 0) is 42.5 Å². The Morgan fingerprint density at radius 3 is 2.44 bits per heavy atom. The summed E-state index contributed by atoms with van der Waals surface area (Å²) in [5.74, 6) is -0.159. The van der Waals surface area contributed by atoms with Gasteiger partial charge in [0.25, 0.3) is 0 Å². The highest BCUT2D eigenvalue weighted by Gasteiger charge is 2.38. The molecule has 9 nitrogen and oxygen atoms in total. The molecule has 3 aromatic rings. The number of hydroxylamine groups is 2. The molecule has 0 saturated carbocycles. The predicted molar refractivity (Wildman–Crippen MR) is 155 cm³/mol. The van der Waals surface area contributed by atoms with E-state index in [1.807, 2.05) is 60.7 Å². The van der Waals surface area contributed by atoms with Gasteiger partial charge in [-0.3, -0.25) is 19.2 Å². The van der Waals surface area contributed by atoms with Gasteiger partial charge in [0.15, 0.2) is 11.6 Å². The van der Waals surface area contributed by atoms with Gasteiger partial charge in [0.1, 0.15) is 19.3 Å². The van der Waals surface area contributed by atoms with Crippen LogP contribution >= 0.6 is 0 Å². The van der Waals surface area contributed by atoms with Crippen molar-refractivity contribution in [3.63, 3.8) is 0 Å². The zero-order chi connectivity index (χ0) is 28.9. The summed E-state index contributed by atoms with van der Waals surface area (Å²) in [5.41, 5.74) is 1.92. The van der Waals surface area contributed by atoms with Crippen molar-refractivity contribution in [1.29, 1.82) is 0 Å². The highest BCUT2D eigenvalue weighted by atomic mass is 16.7. The third-order valence-electron chi connectivity index (χ3n) is 7.10. The van der Waals surface area contributed by atoms with Crippen LogP contribution in [-0.2, 0) is 32.4 Å². The molecule has 2 aromatic carbocycles. The van der Waals surface area contributed by atoms with Gasteiger partial charge in [0.2, 0.25) is 18.2 Å². The Morgan fingerprint density at radius 1 is 1.05 bits per heavy atom. The molecule has 1 N–H and O–H groups in total. The number of carbonyl (C=O) groups excluding carboxylic acids is 3. The minimum Gasteiger partial charge on any atom is -0.485 e. The van der Waals surface area contributed by atoms with Crippen LogP contribution < -0.4 is 10.1 Å². The van der Waals surface area contributed by atoms with E-state index in [0.717, 1.165) is 24.0 Å². The molecule has 1 saturated heterocycles. The third-order valence-corrected chi connectivity index (χ3v) is 7.10. The third kappa shape index (κ3) is 8.62. The Labute approximate surface area is 241 Å². The number of rotatable bonds is 15.